The van der Waals surface area contributed by atoms with Crippen LogP contribution in [0.2, 0.25) is 0 Å². The summed E-state index contributed by atoms with van der Waals surface area (Å²) in [5.74, 6) is 1.66. The maximum absolute atomic E-state index is 11.9. The standard InChI is InChI=1S/C19H23NO2S/c1-2-3-13-20-19(21)16-9-11-17(12-10-16)22-14-15-23-18-7-5-4-6-8-18/h4-12H,2-3,13-15H2,1H3,(H,20,21). The lowest BCUT2D eigenvalue weighted by Gasteiger charge is -2.08. The van der Waals surface area contributed by atoms with Gasteiger partial charge in [-0.15, -0.1) is 11.8 Å². The van der Waals surface area contributed by atoms with Crippen molar-refractivity contribution in [2.45, 2.75) is 24.7 Å². The molecule has 0 aliphatic rings. The molecule has 23 heavy (non-hydrogen) atoms. The molecule has 3 nitrogen and oxygen atoms in total. The van der Waals surface area contributed by atoms with E-state index in [1.54, 1.807) is 23.9 Å². The van der Waals surface area contributed by atoms with Crippen LogP contribution in [0.3, 0.4) is 0 Å². The van der Waals surface area contributed by atoms with Gasteiger partial charge >= 0.3 is 0 Å². The van der Waals surface area contributed by atoms with Gasteiger partial charge in [-0.25, -0.2) is 0 Å². The smallest absolute Gasteiger partial charge is 0.251 e. The molecule has 0 spiro atoms. The normalized spacial score (nSPS) is 10.3. The van der Waals surface area contributed by atoms with Crippen LogP contribution < -0.4 is 10.1 Å². The van der Waals surface area contributed by atoms with Gasteiger partial charge in [-0.3, -0.25) is 4.79 Å². The van der Waals surface area contributed by atoms with Gasteiger partial charge in [0.2, 0.25) is 0 Å². The molecule has 122 valence electrons. The second-order valence-corrected chi connectivity index (χ2v) is 6.31. The lowest BCUT2D eigenvalue weighted by atomic mass is 10.2. The van der Waals surface area contributed by atoms with Crippen LogP contribution in [-0.2, 0) is 0 Å². The summed E-state index contributed by atoms with van der Waals surface area (Å²) in [4.78, 5) is 13.1. The third kappa shape index (κ3) is 6.37. The molecule has 0 saturated heterocycles. The summed E-state index contributed by atoms with van der Waals surface area (Å²) >= 11 is 1.77. The molecule has 4 heteroatoms. The minimum absolute atomic E-state index is 0.0235. The Morgan fingerprint density at radius 1 is 1.09 bits per heavy atom. The molecule has 1 N–H and O–H groups in total. The van der Waals surface area contributed by atoms with Gasteiger partial charge in [-0.2, -0.15) is 0 Å². The number of thioether (sulfide) groups is 1. The van der Waals surface area contributed by atoms with Crippen LogP contribution >= 0.6 is 11.8 Å². The highest BCUT2D eigenvalue weighted by Gasteiger charge is 2.04. The summed E-state index contributed by atoms with van der Waals surface area (Å²) in [6, 6.07) is 17.6. The molecule has 0 saturated carbocycles. The zero-order valence-electron chi connectivity index (χ0n) is 13.5. The van der Waals surface area contributed by atoms with Crippen molar-refractivity contribution in [3.05, 3.63) is 60.2 Å². The number of ether oxygens (including phenoxy) is 1. The molecule has 0 aromatic heterocycles. The molecule has 2 aromatic rings. The Hall–Kier alpha value is -1.94. The average molecular weight is 329 g/mol. The van der Waals surface area contributed by atoms with E-state index in [9.17, 15) is 4.79 Å². The van der Waals surface area contributed by atoms with Crippen LogP contribution in [0, 0.1) is 0 Å². The Morgan fingerprint density at radius 2 is 1.83 bits per heavy atom. The number of unbranched alkanes of at least 4 members (excludes halogenated alkanes) is 1. The van der Waals surface area contributed by atoms with E-state index in [1.165, 1.54) is 4.90 Å². The Kier molecular flexibility index (Phi) is 7.54. The van der Waals surface area contributed by atoms with Crippen molar-refractivity contribution in [3.8, 4) is 5.75 Å². The molecule has 0 fully saturated rings. The first-order valence-corrected chi connectivity index (χ1v) is 8.97. The Bertz CT molecular complexity index is 584. The monoisotopic (exact) mass is 329 g/mol. The van der Waals surface area contributed by atoms with Crippen molar-refractivity contribution >= 4 is 17.7 Å². The first-order valence-electron chi connectivity index (χ1n) is 7.98. The second-order valence-electron chi connectivity index (χ2n) is 5.14. The van der Waals surface area contributed by atoms with E-state index in [0.717, 1.165) is 30.9 Å². The number of benzene rings is 2. The van der Waals surface area contributed by atoms with Gasteiger partial charge in [-0.1, -0.05) is 31.5 Å². The van der Waals surface area contributed by atoms with Crippen LogP contribution in [0.5, 0.6) is 5.75 Å². The van der Waals surface area contributed by atoms with E-state index in [-0.39, 0.29) is 5.91 Å². The zero-order valence-corrected chi connectivity index (χ0v) is 14.3. The number of amides is 1. The molecular formula is C19H23NO2S. The van der Waals surface area contributed by atoms with E-state index in [1.807, 2.05) is 30.3 Å². The zero-order chi connectivity index (χ0) is 16.3. The van der Waals surface area contributed by atoms with Crippen molar-refractivity contribution < 1.29 is 9.53 Å². The lowest BCUT2D eigenvalue weighted by Crippen LogP contribution is -2.24. The number of hydrogen-bond acceptors (Lipinski definition) is 3. The van der Waals surface area contributed by atoms with Gasteiger partial charge < -0.3 is 10.1 Å². The molecule has 0 unspecified atom stereocenters. The van der Waals surface area contributed by atoms with Crippen molar-refractivity contribution in [1.82, 2.24) is 5.32 Å². The van der Waals surface area contributed by atoms with E-state index in [4.69, 9.17) is 4.74 Å². The summed E-state index contributed by atoms with van der Waals surface area (Å²) in [7, 11) is 0. The quantitative estimate of drug-likeness (QED) is 0.548. The predicted molar refractivity (Wildman–Crippen MR) is 96.3 cm³/mol. The third-order valence-corrected chi connectivity index (χ3v) is 4.27. The molecule has 0 atom stereocenters. The van der Waals surface area contributed by atoms with Crippen molar-refractivity contribution in [2.75, 3.05) is 18.9 Å². The molecule has 0 aliphatic carbocycles. The van der Waals surface area contributed by atoms with Gasteiger partial charge in [-0.05, 0) is 42.8 Å². The van der Waals surface area contributed by atoms with E-state index in [0.29, 0.717) is 12.2 Å². The highest BCUT2D eigenvalue weighted by molar-refractivity contribution is 7.99. The topological polar surface area (TPSA) is 38.3 Å². The average Bonchev–Trinajstić information content (AvgIpc) is 2.60. The fourth-order valence-electron chi connectivity index (χ4n) is 2.02. The highest BCUT2D eigenvalue weighted by Crippen LogP contribution is 2.18. The molecule has 0 heterocycles. The van der Waals surface area contributed by atoms with E-state index >= 15 is 0 Å². The minimum Gasteiger partial charge on any atom is -0.493 e. The minimum atomic E-state index is -0.0235. The Balaban J connectivity index is 1.71. The first-order chi connectivity index (χ1) is 11.3. The van der Waals surface area contributed by atoms with Crippen LogP contribution in [-0.4, -0.2) is 24.8 Å². The third-order valence-electron chi connectivity index (χ3n) is 3.30. The van der Waals surface area contributed by atoms with Gasteiger partial charge in [0.25, 0.3) is 5.91 Å². The van der Waals surface area contributed by atoms with Crippen molar-refractivity contribution in [1.29, 1.82) is 0 Å². The largest absolute Gasteiger partial charge is 0.493 e. The first kappa shape index (κ1) is 17.4. The Labute approximate surface area is 142 Å². The molecule has 1 amide bonds. The van der Waals surface area contributed by atoms with E-state index < -0.39 is 0 Å². The molecule has 0 bridgehead atoms. The predicted octanol–water partition coefficient (Wildman–Crippen LogP) is 4.39. The Morgan fingerprint density at radius 3 is 2.52 bits per heavy atom. The number of carbonyl (C=O) groups excluding carboxylic acids is 1. The summed E-state index contributed by atoms with van der Waals surface area (Å²) < 4.78 is 5.71. The second kappa shape index (κ2) is 9.95. The molecule has 0 aliphatic heterocycles. The fraction of sp³-hybridized carbons (Fsp3) is 0.316. The lowest BCUT2D eigenvalue weighted by molar-refractivity contribution is 0.0953. The van der Waals surface area contributed by atoms with Crippen LogP contribution in [0.4, 0.5) is 0 Å². The highest BCUT2D eigenvalue weighted by atomic mass is 32.2. The molecule has 0 radical (unpaired) electrons. The number of nitrogens with one attached hydrogen (secondary N) is 1. The van der Waals surface area contributed by atoms with Gasteiger partial charge in [0.15, 0.2) is 0 Å². The van der Waals surface area contributed by atoms with Gasteiger partial charge in [0, 0.05) is 22.8 Å². The van der Waals surface area contributed by atoms with Crippen LogP contribution in [0.1, 0.15) is 30.1 Å². The molecular weight excluding hydrogens is 306 g/mol. The fourth-order valence-corrected chi connectivity index (χ4v) is 2.77. The molecule has 2 aromatic carbocycles. The van der Waals surface area contributed by atoms with Gasteiger partial charge in [0.1, 0.15) is 5.75 Å². The van der Waals surface area contributed by atoms with Gasteiger partial charge in [0.05, 0.1) is 6.61 Å². The van der Waals surface area contributed by atoms with Crippen molar-refractivity contribution in [2.24, 2.45) is 0 Å². The summed E-state index contributed by atoms with van der Waals surface area (Å²) in [6.45, 7) is 3.47. The SMILES string of the molecule is CCCCNC(=O)c1ccc(OCCSc2ccccc2)cc1. The van der Waals surface area contributed by atoms with E-state index in [2.05, 4.69) is 24.4 Å². The molecule has 2 rings (SSSR count). The number of rotatable bonds is 9. The number of carbonyl (C=O) groups is 1. The maximum atomic E-state index is 11.9. The maximum Gasteiger partial charge on any atom is 0.251 e. The summed E-state index contributed by atoms with van der Waals surface area (Å²) in [6.07, 6.45) is 2.08. The van der Waals surface area contributed by atoms with Crippen molar-refractivity contribution in [3.63, 3.8) is 0 Å². The summed E-state index contributed by atoms with van der Waals surface area (Å²) in [5.41, 5.74) is 0.673. The van der Waals surface area contributed by atoms with Crippen LogP contribution in [0.15, 0.2) is 59.5 Å². The number of hydrogen-bond donors (Lipinski definition) is 1. The van der Waals surface area contributed by atoms with Crippen LogP contribution in [0.25, 0.3) is 0 Å². The summed E-state index contributed by atoms with van der Waals surface area (Å²) in [5, 5.41) is 2.91.